The summed E-state index contributed by atoms with van der Waals surface area (Å²) in [6.07, 6.45) is 4.46. The van der Waals surface area contributed by atoms with Gasteiger partial charge in [0.05, 0.1) is 18.8 Å². The third-order valence-electron chi connectivity index (χ3n) is 5.86. The minimum absolute atomic E-state index is 0.0106. The fraction of sp³-hybridized carbons (Fsp3) is 0.375. The lowest BCUT2D eigenvalue weighted by Crippen LogP contribution is -2.15. The molecule has 0 aliphatic heterocycles. The molecular formula is C24H27N3O5S. The van der Waals surface area contributed by atoms with Gasteiger partial charge in [-0.3, -0.25) is 4.79 Å². The van der Waals surface area contributed by atoms with E-state index < -0.39 is 5.91 Å². The van der Waals surface area contributed by atoms with E-state index in [4.69, 9.17) is 9.47 Å². The van der Waals surface area contributed by atoms with Gasteiger partial charge in [0.25, 0.3) is 5.91 Å². The van der Waals surface area contributed by atoms with Crippen LogP contribution in [0.25, 0.3) is 11.4 Å². The van der Waals surface area contributed by atoms with E-state index in [-0.39, 0.29) is 40.1 Å². The van der Waals surface area contributed by atoms with Gasteiger partial charge in [0.1, 0.15) is 11.5 Å². The average molecular weight is 470 g/mol. The summed E-state index contributed by atoms with van der Waals surface area (Å²) in [5.41, 5.74) is 1.20. The van der Waals surface area contributed by atoms with Crippen molar-refractivity contribution in [3.63, 3.8) is 0 Å². The molecule has 0 saturated heterocycles. The number of methoxy groups -OCH3 is 1. The predicted molar refractivity (Wildman–Crippen MR) is 126 cm³/mol. The molecule has 0 amide bonds. The predicted octanol–water partition coefficient (Wildman–Crippen LogP) is 4.79. The molecule has 33 heavy (non-hydrogen) atoms. The van der Waals surface area contributed by atoms with Crippen LogP contribution in [0.5, 0.6) is 23.0 Å². The zero-order chi connectivity index (χ0) is 23.7. The molecule has 1 aliphatic rings. The SMILES string of the molecule is COc1cc(C(=O)n2c(S)nnc2-c2cc(C(C)C)c(O)cc2O)ccc1OC1CCCC1. The molecule has 1 heterocycles. The maximum Gasteiger partial charge on any atom is 0.265 e. The molecule has 1 fully saturated rings. The van der Waals surface area contributed by atoms with E-state index in [2.05, 4.69) is 22.8 Å². The standard InChI is InChI=1S/C24H27N3O5S/c1-13(2)16-11-17(19(29)12-18(16)28)22-25-26-24(33)27(22)23(30)14-8-9-20(21(10-14)31-3)32-15-6-4-5-7-15/h8-13,15,28-29H,4-7H2,1-3H3,(H,26,33). The molecule has 0 radical (unpaired) electrons. The van der Waals surface area contributed by atoms with E-state index in [0.29, 0.717) is 22.6 Å². The van der Waals surface area contributed by atoms with Gasteiger partial charge < -0.3 is 19.7 Å². The smallest absolute Gasteiger partial charge is 0.265 e. The molecule has 0 spiro atoms. The number of phenolic OH excluding ortho intramolecular Hbond substituents is 2. The number of aromatic nitrogens is 3. The number of rotatable bonds is 6. The zero-order valence-electron chi connectivity index (χ0n) is 18.8. The monoisotopic (exact) mass is 469 g/mol. The fourth-order valence-electron chi connectivity index (χ4n) is 4.09. The summed E-state index contributed by atoms with van der Waals surface area (Å²) in [6, 6.07) is 7.84. The lowest BCUT2D eigenvalue weighted by molar-refractivity contribution is 0.0951. The minimum Gasteiger partial charge on any atom is -0.508 e. The van der Waals surface area contributed by atoms with Gasteiger partial charge in [-0.25, -0.2) is 4.57 Å². The average Bonchev–Trinajstić information content (AvgIpc) is 3.43. The Morgan fingerprint density at radius 1 is 1.09 bits per heavy atom. The van der Waals surface area contributed by atoms with Crippen LogP contribution in [0.2, 0.25) is 0 Å². The lowest BCUT2D eigenvalue weighted by Gasteiger charge is -2.17. The Kier molecular flexibility index (Phi) is 6.51. The van der Waals surface area contributed by atoms with Crippen LogP contribution in [0.1, 0.15) is 61.4 Å². The number of benzene rings is 2. The summed E-state index contributed by atoms with van der Waals surface area (Å²) in [7, 11) is 1.53. The van der Waals surface area contributed by atoms with E-state index in [9.17, 15) is 15.0 Å². The highest BCUT2D eigenvalue weighted by Gasteiger charge is 2.25. The summed E-state index contributed by atoms with van der Waals surface area (Å²) in [5, 5.41) is 28.7. The third-order valence-corrected chi connectivity index (χ3v) is 6.15. The van der Waals surface area contributed by atoms with E-state index in [1.165, 1.54) is 17.7 Å². The van der Waals surface area contributed by atoms with Crippen molar-refractivity contribution in [3.8, 4) is 34.4 Å². The van der Waals surface area contributed by atoms with Gasteiger partial charge in [0, 0.05) is 11.6 Å². The second-order valence-corrected chi connectivity index (χ2v) is 8.84. The number of thiol groups is 1. The first kappa shape index (κ1) is 23.0. The number of carbonyl (C=O) groups is 1. The number of carbonyl (C=O) groups excluding carboxylic acids is 1. The van der Waals surface area contributed by atoms with Gasteiger partial charge in [-0.1, -0.05) is 13.8 Å². The second-order valence-electron chi connectivity index (χ2n) is 8.44. The zero-order valence-corrected chi connectivity index (χ0v) is 19.7. The largest absolute Gasteiger partial charge is 0.508 e. The van der Waals surface area contributed by atoms with Crippen molar-refractivity contribution in [1.29, 1.82) is 0 Å². The van der Waals surface area contributed by atoms with Crippen molar-refractivity contribution in [3.05, 3.63) is 41.5 Å². The van der Waals surface area contributed by atoms with Crippen LogP contribution >= 0.6 is 12.6 Å². The molecule has 1 aromatic heterocycles. The lowest BCUT2D eigenvalue weighted by atomic mass is 9.98. The summed E-state index contributed by atoms with van der Waals surface area (Å²) in [6.45, 7) is 3.83. The van der Waals surface area contributed by atoms with E-state index >= 15 is 0 Å². The first-order valence-electron chi connectivity index (χ1n) is 10.9. The van der Waals surface area contributed by atoms with Gasteiger partial charge in [0.2, 0.25) is 0 Å². The Morgan fingerprint density at radius 3 is 2.48 bits per heavy atom. The fourth-order valence-corrected chi connectivity index (χ4v) is 4.32. The molecule has 4 rings (SSSR count). The molecule has 9 heteroatoms. The number of hydrogen-bond donors (Lipinski definition) is 3. The molecule has 1 saturated carbocycles. The maximum atomic E-state index is 13.5. The van der Waals surface area contributed by atoms with E-state index in [1.807, 2.05) is 13.8 Å². The Labute approximate surface area is 197 Å². The molecule has 0 bridgehead atoms. The van der Waals surface area contributed by atoms with Crippen molar-refractivity contribution in [2.75, 3.05) is 7.11 Å². The summed E-state index contributed by atoms with van der Waals surface area (Å²) in [5.74, 6) is 0.468. The van der Waals surface area contributed by atoms with Crippen LogP contribution in [0.15, 0.2) is 35.5 Å². The second kappa shape index (κ2) is 9.35. The Bertz CT molecular complexity index is 1190. The minimum atomic E-state index is -0.440. The molecule has 2 N–H and O–H groups in total. The van der Waals surface area contributed by atoms with Crippen LogP contribution in [0.3, 0.4) is 0 Å². The summed E-state index contributed by atoms with van der Waals surface area (Å²) < 4.78 is 12.8. The first-order chi connectivity index (χ1) is 15.8. The highest BCUT2D eigenvalue weighted by Crippen LogP contribution is 2.38. The highest BCUT2D eigenvalue weighted by atomic mass is 32.1. The van der Waals surface area contributed by atoms with Gasteiger partial charge in [-0.15, -0.1) is 22.8 Å². The number of aromatic hydroxyl groups is 2. The van der Waals surface area contributed by atoms with E-state index in [1.54, 1.807) is 24.3 Å². The number of nitrogens with zero attached hydrogens (tertiary/aromatic N) is 3. The first-order valence-corrected chi connectivity index (χ1v) is 11.3. The molecular weight excluding hydrogens is 442 g/mol. The summed E-state index contributed by atoms with van der Waals surface area (Å²) in [4.78, 5) is 13.5. The highest BCUT2D eigenvalue weighted by molar-refractivity contribution is 7.80. The van der Waals surface area contributed by atoms with Crippen LogP contribution in [-0.4, -0.2) is 44.1 Å². The van der Waals surface area contributed by atoms with Crippen LogP contribution in [0, 0.1) is 0 Å². The molecule has 0 unspecified atom stereocenters. The molecule has 0 atom stereocenters. The quantitative estimate of drug-likeness (QED) is 0.446. The molecule has 2 aromatic carbocycles. The van der Waals surface area contributed by atoms with Crippen molar-refractivity contribution < 1.29 is 24.5 Å². The van der Waals surface area contributed by atoms with Crippen LogP contribution in [-0.2, 0) is 0 Å². The molecule has 174 valence electrons. The Morgan fingerprint density at radius 2 is 1.82 bits per heavy atom. The third kappa shape index (κ3) is 4.50. The van der Waals surface area contributed by atoms with Gasteiger partial charge in [0.15, 0.2) is 22.5 Å². The van der Waals surface area contributed by atoms with Gasteiger partial charge >= 0.3 is 0 Å². The van der Waals surface area contributed by atoms with Gasteiger partial charge in [-0.2, -0.15) is 0 Å². The summed E-state index contributed by atoms with van der Waals surface area (Å²) >= 11 is 4.31. The van der Waals surface area contributed by atoms with Crippen molar-refractivity contribution in [2.45, 2.75) is 56.7 Å². The normalized spacial score (nSPS) is 14.1. The number of hydrogen-bond acceptors (Lipinski definition) is 8. The van der Waals surface area contributed by atoms with Crippen molar-refractivity contribution >= 4 is 18.5 Å². The van der Waals surface area contributed by atoms with Crippen molar-refractivity contribution in [2.24, 2.45) is 0 Å². The number of ether oxygens (including phenoxy) is 2. The topological polar surface area (TPSA) is 107 Å². The van der Waals surface area contributed by atoms with Crippen molar-refractivity contribution in [1.82, 2.24) is 14.8 Å². The molecule has 3 aromatic rings. The maximum absolute atomic E-state index is 13.5. The van der Waals surface area contributed by atoms with E-state index in [0.717, 1.165) is 25.7 Å². The number of phenols is 2. The Hall–Kier alpha value is -3.20. The molecule has 8 nitrogen and oxygen atoms in total. The van der Waals surface area contributed by atoms with Crippen LogP contribution in [0.4, 0.5) is 0 Å². The Balaban J connectivity index is 1.72. The van der Waals surface area contributed by atoms with Gasteiger partial charge in [-0.05, 0) is 61.4 Å². The van der Waals surface area contributed by atoms with Crippen LogP contribution < -0.4 is 9.47 Å². The molecule has 1 aliphatic carbocycles.